The fourth-order valence-electron chi connectivity index (χ4n) is 2.96. The van der Waals surface area contributed by atoms with Crippen molar-refractivity contribution in [2.75, 3.05) is 7.11 Å². The summed E-state index contributed by atoms with van der Waals surface area (Å²) in [4.78, 5) is -0.258. The second kappa shape index (κ2) is 7.39. The van der Waals surface area contributed by atoms with E-state index in [0.29, 0.717) is 5.92 Å². The molecule has 0 heterocycles. The van der Waals surface area contributed by atoms with E-state index in [9.17, 15) is 8.78 Å². The predicted molar refractivity (Wildman–Crippen MR) is 80.4 cm³/mol. The molecule has 0 amide bonds. The minimum atomic E-state index is -0.522. The molecule has 0 radical (unpaired) electrons. The Morgan fingerprint density at radius 2 is 1.55 bits per heavy atom. The molecule has 1 unspecified atom stereocenters. The number of rotatable bonds is 3. The van der Waals surface area contributed by atoms with Gasteiger partial charge in [-0.2, -0.15) is 0 Å². The lowest BCUT2D eigenvalue weighted by Crippen LogP contribution is -2.13. The first-order valence-electron chi connectivity index (χ1n) is 7.30. The van der Waals surface area contributed by atoms with Crippen molar-refractivity contribution in [1.29, 1.82) is 0 Å². The van der Waals surface area contributed by atoms with E-state index in [4.69, 9.17) is 4.74 Å². The summed E-state index contributed by atoms with van der Waals surface area (Å²) >= 11 is 3.54. The molecule has 1 fully saturated rings. The van der Waals surface area contributed by atoms with Gasteiger partial charge >= 0.3 is 0 Å². The van der Waals surface area contributed by atoms with Gasteiger partial charge in [0.05, 0.1) is 7.11 Å². The predicted octanol–water partition coefficient (Wildman–Crippen LogP) is 5.77. The van der Waals surface area contributed by atoms with Gasteiger partial charge in [-0.15, -0.1) is 0 Å². The summed E-state index contributed by atoms with van der Waals surface area (Å²) in [5.74, 6) is -0.523. The first-order valence-corrected chi connectivity index (χ1v) is 8.22. The summed E-state index contributed by atoms with van der Waals surface area (Å²) in [6.07, 6.45) is 8.08. The van der Waals surface area contributed by atoms with Crippen LogP contribution in [0.25, 0.3) is 0 Å². The van der Waals surface area contributed by atoms with E-state index in [1.807, 2.05) is 0 Å². The van der Waals surface area contributed by atoms with Gasteiger partial charge in [-0.25, -0.2) is 8.78 Å². The zero-order valence-electron chi connectivity index (χ0n) is 11.8. The third-order valence-electron chi connectivity index (χ3n) is 4.13. The van der Waals surface area contributed by atoms with Crippen LogP contribution in [0, 0.1) is 17.6 Å². The van der Waals surface area contributed by atoms with Crippen LogP contribution >= 0.6 is 15.9 Å². The molecule has 0 aliphatic heterocycles. The molecular weight excluding hydrogens is 326 g/mol. The van der Waals surface area contributed by atoms with Crippen molar-refractivity contribution in [2.24, 2.45) is 5.92 Å². The number of methoxy groups -OCH3 is 1. The Kier molecular flexibility index (Phi) is 5.82. The van der Waals surface area contributed by atoms with E-state index in [1.165, 1.54) is 38.5 Å². The third kappa shape index (κ3) is 3.72. The molecule has 1 aromatic carbocycles. The second-order valence-electron chi connectivity index (χ2n) is 5.51. The van der Waals surface area contributed by atoms with Gasteiger partial charge in [0, 0.05) is 22.5 Å². The van der Waals surface area contributed by atoms with Crippen molar-refractivity contribution in [3.63, 3.8) is 0 Å². The molecule has 0 N–H and O–H groups in total. The quantitative estimate of drug-likeness (QED) is 0.631. The molecule has 112 valence electrons. The molecule has 0 saturated heterocycles. The van der Waals surface area contributed by atoms with Crippen LogP contribution in [-0.4, -0.2) is 7.11 Å². The van der Waals surface area contributed by atoms with Crippen molar-refractivity contribution >= 4 is 15.9 Å². The lowest BCUT2D eigenvalue weighted by atomic mass is 9.86. The van der Waals surface area contributed by atoms with Crippen molar-refractivity contribution in [3.05, 3.63) is 29.3 Å². The van der Waals surface area contributed by atoms with E-state index in [1.54, 1.807) is 0 Å². The Hall–Kier alpha value is -0.640. The molecule has 1 aliphatic rings. The highest BCUT2D eigenvalue weighted by molar-refractivity contribution is 9.09. The largest absolute Gasteiger partial charge is 0.497 e. The van der Waals surface area contributed by atoms with E-state index < -0.39 is 11.6 Å². The fourth-order valence-corrected chi connectivity index (χ4v) is 3.92. The maximum absolute atomic E-state index is 14.1. The van der Waals surface area contributed by atoms with Gasteiger partial charge in [-0.3, -0.25) is 0 Å². The molecule has 20 heavy (non-hydrogen) atoms. The standard InChI is InChI=1S/C16H21BrF2O/c1-20-12-9-13(18)15(14(19)10-12)16(17)11-7-5-3-2-4-6-8-11/h9-11,16H,2-8H2,1H3. The van der Waals surface area contributed by atoms with E-state index in [0.717, 1.165) is 25.7 Å². The van der Waals surface area contributed by atoms with Crippen molar-refractivity contribution in [1.82, 2.24) is 0 Å². The second-order valence-corrected chi connectivity index (χ2v) is 6.50. The lowest BCUT2D eigenvalue weighted by Gasteiger charge is -2.25. The highest BCUT2D eigenvalue weighted by Crippen LogP contribution is 2.41. The van der Waals surface area contributed by atoms with Crippen LogP contribution in [-0.2, 0) is 0 Å². The number of halogens is 3. The molecule has 1 atom stereocenters. The fraction of sp³-hybridized carbons (Fsp3) is 0.625. The SMILES string of the molecule is COc1cc(F)c(C(Br)C2CCCCCCC2)c(F)c1. The highest BCUT2D eigenvalue weighted by Gasteiger charge is 2.27. The normalized spacial score (nSPS) is 19.2. The maximum atomic E-state index is 14.1. The van der Waals surface area contributed by atoms with Crippen LogP contribution in [0.5, 0.6) is 5.75 Å². The Bertz CT molecular complexity index is 419. The minimum absolute atomic E-state index is 0.149. The number of ether oxygens (including phenoxy) is 1. The van der Waals surface area contributed by atoms with Gasteiger partial charge in [-0.1, -0.05) is 48.0 Å². The Morgan fingerprint density at radius 3 is 2.05 bits per heavy atom. The summed E-state index contributed by atoms with van der Waals surface area (Å²) in [5.41, 5.74) is 0.149. The molecule has 1 aliphatic carbocycles. The van der Waals surface area contributed by atoms with Gasteiger partial charge in [0.2, 0.25) is 0 Å². The molecule has 2 rings (SSSR count). The topological polar surface area (TPSA) is 9.23 Å². The Morgan fingerprint density at radius 1 is 1.05 bits per heavy atom. The lowest BCUT2D eigenvalue weighted by molar-refractivity contribution is 0.362. The monoisotopic (exact) mass is 346 g/mol. The molecule has 0 bridgehead atoms. The summed E-state index contributed by atoms with van der Waals surface area (Å²) in [5, 5.41) is 0. The van der Waals surface area contributed by atoms with Crippen LogP contribution in [0.3, 0.4) is 0 Å². The van der Waals surface area contributed by atoms with Crippen LogP contribution < -0.4 is 4.74 Å². The van der Waals surface area contributed by atoms with Gasteiger partial charge in [0.1, 0.15) is 17.4 Å². The molecule has 0 aromatic heterocycles. The van der Waals surface area contributed by atoms with E-state index >= 15 is 0 Å². The molecule has 1 nitrogen and oxygen atoms in total. The average molecular weight is 347 g/mol. The molecule has 1 aromatic rings. The summed E-state index contributed by atoms with van der Waals surface area (Å²) in [6.45, 7) is 0. The minimum Gasteiger partial charge on any atom is -0.497 e. The van der Waals surface area contributed by atoms with Crippen LogP contribution in [0.1, 0.15) is 55.3 Å². The summed E-state index contributed by atoms with van der Waals surface area (Å²) in [7, 11) is 1.41. The summed E-state index contributed by atoms with van der Waals surface area (Å²) in [6, 6.07) is 2.52. The molecule has 4 heteroatoms. The Balaban J connectivity index is 2.20. The highest BCUT2D eigenvalue weighted by atomic mass is 79.9. The van der Waals surface area contributed by atoms with Crippen LogP contribution in [0.4, 0.5) is 8.78 Å². The maximum Gasteiger partial charge on any atom is 0.134 e. The number of hydrogen-bond acceptors (Lipinski definition) is 1. The van der Waals surface area contributed by atoms with Crippen LogP contribution in [0.2, 0.25) is 0 Å². The van der Waals surface area contributed by atoms with Crippen molar-refractivity contribution < 1.29 is 13.5 Å². The first kappa shape index (κ1) is 15.7. The number of benzene rings is 1. The third-order valence-corrected chi connectivity index (χ3v) is 5.33. The number of alkyl halides is 1. The van der Waals surface area contributed by atoms with E-state index in [2.05, 4.69) is 15.9 Å². The first-order chi connectivity index (χ1) is 9.63. The van der Waals surface area contributed by atoms with Gasteiger partial charge in [0.15, 0.2) is 0 Å². The van der Waals surface area contributed by atoms with E-state index in [-0.39, 0.29) is 16.1 Å². The van der Waals surface area contributed by atoms with Crippen LogP contribution in [0.15, 0.2) is 12.1 Å². The molecule has 1 saturated carbocycles. The zero-order valence-corrected chi connectivity index (χ0v) is 13.4. The molecular formula is C16H21BrF2O. The van der Waals surface area contributed by atoms with Gasteiger partial charge < -0.3 is 4.74 Å². The van der Waals surface area contributed by atoms with Crippen molar-refractivity contribution in [3.8, 4) is 5.75 Å². The van der Waals surface area contributed by atoms with Crippen molar-refractivity contribution in [2.45, 2.75) is 49.8 Å². The Labute approximate surface area is 127 Å². The zero-order chi connectivity index (χ0) is 14.5. The van der Waals surface area contributed by atoms with Gasteiger partial charge in [0.25, 0.3) is 0 Å². The number of hydrogen-bond donors (Lipinski definition) is 0. The van der Waals surface area contributed by atoms with Gasteiger partial charge in [-0.05, 0) is 18.8 Å². The summed E-state index contributed by atoms with van der Waals surface area (Å²) < 4.78 is 33.2. The molecule has 0 spiro atoms. The smallest absolute Gasteiger partial charge is 0.134 e. The average Bonchev–Trinajstić information content (AvgIpc) is 2.37.